The molecule has 1 saturated heterocycles. The number of likely N-dealkylation sites (tertiary alicyclic amines) is 1. The van der Waals surface area contributed by atoms with Gasteiger partial charge in [0.25, 0.3) is 11.5 Å². The molecule has 0 spiro atoms. The molecule has 1 aromatic heterocycles. The van der Waals surface area contributed by atoms with Crippen LogP contribution in [0.4, 0.5) is 0 Å². The molecule has 1 fully saturated rings. The first-order valence-electron chi connectivity index (χ1n) is 8.54. The van der Waals surface area contributed by atoms with Gasteiger partial charge in [0.05, 0.1) is 6.54 Å². The highest BCUT2D eigenvalue weighted by Gasteiger charge is 2.36. The zero-order chi connectivity index (χ0) is 18.0. The number of aromatic nitrogens is 2. The fraction of sp³-hybridized carbons (Fsp3) is 0.421. The summed E-state index contributed by atoms with van der Waals surface area (Å²) < 4.78 is 1.34. The number of amides is 1. The van der Waals surface area contributed by atoms with Gasteiger partial charge in [-0.1, -0.05) is 44.2 Å². The summed E-state index contributed by atoms with van der Waals surface area (Å²) in [4.78, 5) is 26.7. The Bertz CT molecular complexity index is 814. The van der Waals surface area contributed by atoms with Gasteiger partial charge in [-0.25, -0.2) is 4.68 Å². The average molecular weight is 340 g/mol. The summed E-state index contributed by atoms with van der Waals surface area (Å²) in [5.74, 6) is -0.151. The number of carbonyl (C=O) groups is 1. The Hall–Kier alpha value is -2.47. The Kier molecular flexibility index (Phi) is 4.72. The Morgan fingerprint density at radius 2 is 1.96 bits per heavy atom. The van der Waals surface area contributed by atoms with Crippen LogP contribution in [0.25, 0.3) is 0 Å². The first-order chi connectivity index (χ1) is 11.9. The lowest BCUT2D eigenvalue weighted by molar-refractivity contribution is 0.0525. The van der Waals surface area contributed by atoms with E-state index in [-0.39, 0.29) is 22.9 Å². The van der Waals surface area contributed by atoms with Crippen LogP contribution in [0.1, 0.15) is 36.3 Å². The maximum Gasteiger partial charge on any atom is 0.274 e. The molecule has 2 N–H and O–H groups in total. The van der Waals surface area contributed by atoms with Crippen molar-refractivity contribution in [3.63, 3.8) is 0 Å². The molecular formula is C19H24N4O2. The van der Waals surface area contributed by atoms with Gasteiger partial charge in [-0.2, -0.15) is 5.10 Å². The van der Waals surface area contributed by atoms with Crippen LogP contribution in [0.3, 0.4) is 0 Å². The molecule has 6 heteroatoms. The fourth-order valence-electron chi connectivity index (χ4n) is 3.14. The standard InChI is InChI=1S/C19H24N4O2/c1-19(2)13-22(11-10-16(19)20)18(25)15-8-9-17(24)23(21-15)12-14-6-4-3-5-7-14/h3-9,16H,10-13,20H2,1-2H3. The number of nitrogens with two attached hydrogens (primary N) is 1. The molecule has 1 amide bonds. The first-order valence-corrected chi connectivity index (χ1v) is 8.54. The lowest BCUT2D eigenvalue weighted by atomic mass is 9.79. The lowest BCUT2D eigenvalue weighted by Crippen LogP contribution is -2.54. The summed E-state index contributed by atoms with van der Waals surface area (Å²) in [5, 5.41) is 4.29. The molecule has 132 valence electrons. The highest BCUT2D eigenvalue weighted by molar-refractivity contribution is 5.92. The van der Waals surface area contributed by atoms with E-state index in [0.29, 0.717) is 25.3 Å². The average Bonchev–Trinajstić information content (AvgIpc) is 2.59. The van der Waals surface area contributed by atoms with Gasteiger partial charge in [-0.3, -0.25) is 9.59 Å². The summed E-state index contributed by atoms with van der Waals surface area (Å²) in [7, 11) is 0. The number of nitrogens with zero attached hydrogens (tertiary/aromatic N) is 3. The number of hydrogen-bond acceptors (Lipinski definition) is 4. The Labute approximate surface area is 147 Å². The van der Waals surface area contributed by atoms with E-state index in [9.17, 15) is 9.59 Å². The number of piperidine rings is 1. The molecule has 1 aliphatic rings. The Morgan fingerprint density at radius 3 is 2.64 bits per heavy atom. The summed E-state index contributed by atoms with van der Waals surface area (Å²) in [6.45, 7) is 5.69. The predicted octanol–water partition coefficient (Wildman–Crippen LogP) is 1.49. The van der Waals surface area contributed by atoms with Gasteiger partial charge < -0.3 is 10.6 Å². The van der Waals surface area contributed by atoms with Gasteiger partial charge >= 0.3 is 0 Å². The first kappa shape index (κ1) is 17.4. The molecule has 1 unspecified atom stereocenters. The molecule has 25 heavy (non-hydrogen) atoms. The van der Waals surface area contributed by atoms with Crippen molar-refractivity contribution < 1.29 is 4.79 Å². The molecular weight excluding hydrogens is 316 g/mol. The van der Waals surface area contributed by atoms with Gasteiger partial charge in [-0.05, 0) is 23.5 Å². The van der Waals surface area contributed by atoms with E-state index in [1.54, 1.807) is 4.90 Å². The molecule has 1 aromatic carbocycles. The number of benzene rings is 1. The molecule has 2 heterocycles. The van der Waals surface area contributed by atoms with Crippen LogP contribution in [0.5, 0.6) is 0 Å². The van der Waals surface area contributed by atoms with Crippen molar-refractivity contribution in [2.45, 2.75) is 32.9 Å². The summed E-state index contributed by atoms with van der Waals surface area (Å²) in [6.07, 6.45) is 0.766. The van der Waals surface area contributed by atoms with Crippen LogP contribution in [-0.2, 0) is 6.54 Å². The van der Waals surface area contributed by atoms with Crippen molar-refractivity contribution in [3.05, 3.63) is 64.1 Å². The second kappa shape index (κ2) is 6.80. The minimum atomic E-state index is -0.221. The van der Waals surface area contributed by atoms with E-state index >= 15 is 0 Å². The largest absolute Gasteiger partial charge is 0.337 e. The number of carbonyl (C=O) groups excluding carboxylic acids is 1. The molecule has 0 saturated carbocycles. The topological polar surface area (TPSA) is 81.2 Å². The highest BCUT2D eigenvalue weighted by Crippen LogP contribution is 2.28. The minimum absolute atomic E-state index is 0.0801. The Balaban J connectivity index is 1.82. The van der Waals surface area contributed by atoms with Crippen LogP contribution in [-0.4, -0.2) is 39.7 Å². The van der Waals surface area contributed by atoms with Gasteiger partial charge in [-0.15, -0.1) is 0 Å². The van der Waals surface area contributed by atoms with Gasteiger partial charge in [0.1, 0.15) is 5.69 Å². The van der Waals surface area contributed by atoms with E-state index < -0.39 is 0 Å². The van der Waals surface area contributed by atoms with Crippen molar-refractivity contribution in [1.82, 2.24) is 14.7 Å². The quantitative estimate of drug-likeness (QED) is 0.918. The minimum Gasteiger partial charge on any atom is -0.337 e. The summed E-state index contributed by atoms with van der Waals surface area (Å²) >= 11 is 0. The van der Waals surface area contributed by atoms with Gasteiger partial charge in [0.2, 0.25) is 0 Å². The molecule has 0 bridgehead atoms. The smallest absolute Gasteiger partial charge is 0.274 e. The monoisotopic (exact) mass is 340 g/mol. The third-order valence-electron chi connectivity index (χ3n) is 4.86. The van der Waals surface area contributed by atoms with Gasteiger partial charge in [0.15, 0.2) is 0 Å². The van der Waals surface area contributed by atoms with E-state index in [2.05, 4.69) is 18.9 Å². The molecule has 1 atom stereocenters. The van der Waals surface area contributed by atoms with Gasteiger partial charge in [0, 0.05) is 25.2 Å². The van der Waals surface area contributed by atoms with Crippen LogP contribution in [0.2, 0.25) is 0 Å². The SMILES string of the molecule is CC1(C)CN(C(=O)c2ccc(=O)n(Cc3ccccc3)n2)CCC1N. The van der Waals surface area contributed by atoms with Crippen LogP contribution < -0.4 is 11.3 Å². The van der Waals surface area contributed by atoms with Crippen LogP contribution >= 0.6 is 0 Å². The van der Waals surface area contributed by atoms with Crippen molar-refractivity contribution in [1.29, 1.82) is 0 Å². The molecule has 0 aliphatic carbocycles. The van der Waals surface area contributed by atoms with E-state index in [4.69, 9.17) is 5.73 Å². The van der Waals surface area contributed by atoms with Crippen molar-refractivity contribution >= 4 is 5.91 Å². The maximum absolute atomic E-state index is 12.8. The van der Waals surface area contributed by atoms with E-state index in [1.807, 2.05) is 30.3 Å². The molecule has 2 aromatic rings. The Morgan fingerprint density at radius 1 is 1.24 bits per heavy atom. The summed E-state index contributed by atoms with van der Waals surface area (Å²) in [5.41, 5.74) is 7.05. The maximum atomic E-state index is 12.8. The van der Waals surface area contributed by atoms with Crippen molar-refractivity contribution in [3.8, 4) is 0 Å². The second-order valence-corrected chi connectivity index (χ2v) is 7.31. The van der Waals surface area contributed by atoms with Crippen LogP contribution in [0.15, 0.2) is 47.3 Å². The molecule has 6 nitrogen and oxygen atoms in total. The molecule has 3 rings (SSSR count). The van der Waals surface area contributed by atoms with E-state index in [1.165, 1.54) is 16.8 Å². The van der Waals surface area contributed by atoms with Crippen molar-refractivity contribution in [2.75, 3.05) is 13.1 Å². The van der Waals surface area contributed by atoms with Crippen LogP contribution in [0, 0.1) is 5.41 Å². The third-order valence-corrected chi connectivity index (χ3v) is 4.86. The normalized spacial score (nSPS) is 19.6. The third kappa shape index (κ3) is 3.79. The number of hydrogen-bond donors (Lipinski definition) is 1. The zero-order valence-corrected chi connectivity index (χ0v) is 14.7. The highest BCUT2D eigenvalue weighted by atomic mass is 16.2. The second-order valence-electron chi connectivity index (χ2n) is 7.31. The fourth-order valence-corrected chi connectivity index (χ4v) is 3.14. The molecule has 1 aliphatic heterocycles. The van der Waals surface area contributed by atoms with Crippen molar-refractivity contribution in [2.24, 2.45) is 11.1 Å². The predicted molar refractivity (Wildman–Crippen MR) is 96.3 cm³/mol. The van der Waals surface area contributed by atoms with E-state index in [0.717, 1.165) is 12.0 Å². The number of rotatable bonds is 3. The lowest BCUT2D eigenvalue weighted by Gasteiger charge is -2.42. The summed E-state index contributed by atoms with van der Waals surface area (Å²) in [6, 6.07) is 12.6. The molecule has 0 radical (unpaired) electrons. The zero-order valence-electron chi connectivity index (χ0n) is 14.7.